The summed E-state index contributed by atoms with van der Waals surface area (Å²) in [4.78, 5) is 4.59. The average Bonchev–Trinajstić information content (AvgIpc) is 2.53. The van der Waals surface area contributed by atoms with Gasteiger partial charge in [0, 0.05) is 19.1 Å². The number of piperidine rings is 1. The fraction of sp³-hybridized carbons (Fsp3) is 0.588. The summed E-state index contributed by atoms with van der Waals surface area (Å²) in [6.45, 7) is 7.71. The van der Waals surface area contributed by atoms with E-state index in [-0.39, 0.29) is 6.04 Å². The molecule has 0 aromatic heterocycles. The van der Waals surface area contributed by atoms with Crippen molar-refractivity contribution in [1.82, 2.24) is 9.62 Å². The lowest BCUT2D eigenvalue weighted by atomic mass is 10.0. The third-order valence-electron chi connectivity index (χ3n) is 4.05. The molecule has 1 aromatic rings. The van der Waals surface area contributed by atoms with Gasteiger partial charge in [-0.1, -0.05) is 19.1 Å². The van der Waals surface area contributed by atoms with Crippen LogP contribution in [0, 0.1) is 5.92 Å². The Morgan fingerprint density at radius 1 is 1.38 bits per heavy atom. The molecule has 1 saturated heterocycles. The molecule has 3 N–H and O–H groups in total. The molecule has 7 heteroatoms. The summed E-state index contributed by atoms with van der Waals surface area (Å²) in [6, 6.07) is 7.14. The van der Waals surface area contributed by atoms with E-state index in [1.54, 1.807) is 28.6 Å². The quantitative estimate of drug-likeness (QED) is 0.626. The largest absolute Gasteiger partial charge is 0.370 e. The van der Waals surface area contributed by atoms with E-state index >= 15 is 0 Å². The van der Waals surface area contributed by atoms with Gasteiger partial charge in [-0.25, -0.2) is 13.4 Å². The van der Waals surface area contributed by atoms with Crippen LogP contribution in [0.3, 0.4) is 0 Å². The van der Waals surface area contributed by atoms with E-state index in [1.165, 1.54) is 0 Å². The van der Waals surface area contributed by atoms with Gasteiger partial charge < -0.3 is 11.1 Å². The molecule has 0 saturated carbocycles. The van der Waals surface area contributed by atoms with E-state index in [0.717, 1.165) is 18.4 Å². The Hall–Kier alpha value is -1.60. The lowest BCUT2D eigenvalue weighted by molar-refractivity contribution is 0.281. The number of hydrogen-bond donors (Lipinski definition) is 2. The third-order valence-corrected chi connectivity index (χ3v) is 5.93. The van der Waals surface area contributed by atoms with E-state index in [0.29, 0.717) is 36.4 Å². The van der Waals surface area contributed by atoms with Crippen LogP contribution in [0.15, 0.2) is 34.2 Å². The second-order valence-corrected chi connectivity index (χ2v) is 8.69. The number of rotatable bonds is 5. The lowest BCUT2D eigenvalue weighted by Crippen LogP contribution is -2.39. The lowest BCUT2D eigenvalue weighted by Gasteiger charge is -2.30. The number of sulfonamides is 1. The zero-order valence-corrected chi connectivity index (χ0v) is 15.5. The summed E-state index contributed by atoms with van der Waals surface area (Å²) in [5.74, 6) is 0.808. The number of guanidine groups is 1. The summed E-state index contributed by atoms with van der Waals surface area (Å²) < 4.78 is 27.0. The molecule has 1 aliphatic heterocycles. The molecule has 1 fully saturated rings. The van der Waals surface area contributed by atoms with Crippen molar-refractivity contribution in [2.24, 2.45) is 16.6 Å². The van der Waals surface area contributed by atoms with Crippen LogP contribution in [0.1, 0.15) is 39.2 Å². The molecule has 24 heavy (non-hydrogen) atoms. The van der Waals surface area contributed by atoms with Gasteiger partial charge in [-0.2, -0.15) is 4.31 Å². The van der Waals surface area contributed by atoms with Crippen molar-refractivity contribution >= 4 is 16.0 Å². The molecular weight excluding hydrogens is 324 g/mol. The fourth-order valence-corrected chi connectivity index (χ4v) is 4.40. The molecule has 0 spiro atoms. The van der Waals surface area contributed by atoms with E-state index in [1.807, 2.05) is 13.8 Å². The van der Waals surface area contributed by atoms with Gasteiger partial charge in [0.05, 0.1) is 11.4 Å². The molecule has 134 valence electrons. The monoisotopic (exact) mass is 352 g/mol. The first-order valence-electron chi connectivity index (χ1n) is 8.44. The highest BCUT2D eigenvalue weighted by Crippen LogP contribution is 2.23. The Balaban J connectivity index is 2.05. The summed E-state index contributed by atoms with van der Waals surface area (Å²) in [7, 11) is -3.40. The molecule has 1 aliphatic rings. The van der Waals surface area contributed by atoms with Gasteiger partial charge in [-0.3, -0.25) is 0 Å². The highest BCUT2D eigenvalue weighted by atomic mass is 32.2. The molecular formula is C17H28N4O2S. The van der Waals surface area contributed by atoms with Crippen LogP contribution >= 0.6 is 0 Å². The maximum absolute atomic E-state index is 12.7. The first-order chi connectivity index (χ1) is 11.3. The smallest absolute Gasteiger partial charge is 0.243 e. The summed E-state index contributed by atoms with van der Waals surface area (Å²) in [5, 5.41) is 3.02. The fourth-order valence-electron chi connectivity index (χ4n) is 2.80. The first-order valence-corrected chi connectivity index (χ1v) is 9.88. The van der Waals surface area contributed by atoms with Gasteiger partial charge >= 0.3 is 0 Å². The number of nitrogens with zero attached hydrogens (tertiary/aromatic N) is 2. The van der Waals surface area contributed by atoms with Gasteiger partial charge in [0.2, 0.25) is 10.0 Å². The molecule has 6 nitrogen and oxygen atoms in total. The van der Waals surface area contributed by atoms with Crippen molar-refractivity contribution in [3.63, 3.8) is 0 Å². The van der Waals surface area contributed by atoms with Crippen molar-refractivity contribution in [3.05, 3.63) is 29.8 Å². The standard InChI is InChI=1S/C17H28N4O2S/c1-13(2)20-17(18)19-11-15-6-8-16(9-7-15)24(22,23)21-10-4-5-14(3)12-21/h6-9,13-14H,4-5,10-12H2,1-3H3,(H3,18,19,20). The van der Waals surface area contributed by atoms with Crippen LogP contribution in [0.5, 0.6) is 0 Å². The normalized spacial score (nSPS) is 20.3. The average molecular weight is 353 g/mol. The second kappa shape index (κ2) is 7.98. The minimum atomic E-state index is -3.40. The molecule has 1 atom stereocenters. The Bertz CT molecular complexity index is 668. The topological polar surface area (TPSA) is 87.8 Å². The number of nitrogens with two attached hydrogens (primary N) is 1. The van der Waals surface area contributed by atoms with Crippen molar-refractivity contribution in [1.29, 1.82) is 0 Å². The zero-order chi connectivity index (χ0) is 17.7. The highest BCUT2D eigenvalue weighted by molar-refractivity contribution is 7.89. The van der Waals surface area contributed by atoms with Gasteiger partial charge in [0.15, 0.2) is 5.96 Å². The third kappa shape index (κ3) is 4.95. The highest BCUT2D eigenvalue weighted by Gasteiger charge is 2.28. The predicted octanol–water partition coefficient (Wildman–Crippen LogP) is 1.92. The summed E-state index contributed by atoms with van der Waals surface area (Å²) >= 11 is 0. The second-order valence-electron chi connectivity index (χ2n) is 6.75. The van der Waals surface area contributed by atoms with Crippen molar-refractivity contribution in [3.8, 4) is 0 Å². The van der Waals surface area contributed by atoms with Crippen molar-refractivity contribution in [2.75, 3.05) is 13.1 Å². The number of aliphatic imine (C=N–C) groups is 1. The number of benzene rings is 1. The Morgan fingerprint density at radius 2 is 2.04 bits per heavy atom. The van der Waals surface area contributed by atoms with Crippen molar-refractivity contribution < 1.29 is 8.42 Å². The molecule has 0 radical (unpaired) electrons. The maximum Gasteiger partial charge on any atom is 0.243 e. The van der Waals surface area contributed by atoms with E-state index in [9.17, 15) is 8.42 Å². The Labute approximate surface area is 145 Å². The van der Waals surface area contributed by atoms with E-state index in [2.05, 4.69) is 17.2 Å². The molecule has 2 rings (SSSR count). The minimum absolute atomic E-state index is 0.230. The van der Waals surface area contributed by atoms with Gasteiger partial charge in [-0.05, 0) is 50.3 Å². The van der Waals surface area contributed by atoms with Gasteiger partial charge in [0.1, 0.15) is 0 Å². The number of hydrogen-bond acceptors (Lipinski definition) is 3. The first kappa shape index (κ1) is 18.7. The van der Waals surface area contributed by atoms with Crippen LogP contribution in [0.2, 0.25) is 0 Å². The molecule has 1 unspecified atom stereocenters. The molecule has 0 bridgehead atoms. The minimum Gasteiger partial charge on any atom is -0.370 e. The van der Waals surface area contributed by atoms with Crippen LogP contribution in [-0.2, 0) is 16.6 Å². The van der Waals surface area contributed by atoms with Crippen LogP contribution < -0.4 is 11.1 Å². The molecule has 1 aromatic carbocycles. The summed E-state index contributed by atoms with van der Waals surface area (Å²) in [6.07, 6.45) is 2.02. The van der Waals surface area contributed by atoms with Gasteiger partial charge in [0.25, 0.3) is 0 Å². The van der Waals surface area contributed by atoms with Crippen LogP contribution in [0.25, 0.3) is 0 Å². The molecule has 1 heterocycles. The van der Waals surface area contributed by atoms with E-state index < -0.39 is 10.0 Å². The molecule has 0 amide bonds. The SMILES string of the molecule is CC1CCCN(S(=O)(=O)c2ccc(CN=C(N)NC(C)C)cc2)C1. The predicted molar refractivity (Wildman–Crippen MR) is 97.2 cm³/mol. The summed E-state index contributed by atoms with van der Waals surface area (Å²) in [5.41, 5.74) is 6.69. The van der Waals surface area contributed by atoms with Crippen molar-refractivity contribution in [2.45, 2.75) is 51.1 Å². The Kier molecular flexibility index (Phi) is 6.23. The van der Waals surface area contributed by atoms with Crippen LogP contribution in [-0.4, -0.2) is 37.8 Å². The zero-order valence-electron chi connectivity index (χ0n) is 14.7. The van der Waals surface area contributed by atoms with E-state index in [4.69, 9.17) is 5.73 Å². The van der Waals surface area contributed by atoms with Gasteiger partial charge in [-0.15, -0.1) is 0 Å². The maximum atomic E-state index is 12.7. The molecule has 0 aliphatic carbocycles. The number of nitrogens with one attached hydrogen (secondary N) is 1. The Morgan fingerprint density at radius 3 is 2.62 bits per heavy atom. The van der Waals surface area contributed by atoms with Crippen LogP contribution in [0.4, 0.5) is 0 Å².